The van der Waals surface area contributed by atoms with Crippen molar-refractivity contribution in [1.29, 1.82) is 0 Å². The van der Waals surface area contributed by atoms with Gasteiger partial charge in [0, 0.05) is 26.2 Å². The zero-order chi connectivity index (χ0) is 16.1. The molecule has 1 saturated heterocycles. The van der Waals surface area contributed by atoms with Crippen LogP contribution in [-0.2, 0) is 16.0 Å². The number of β-amino-alcohol motifs (C(OH)–C–C–N with tert-alkyl or cyclic N) is 1. The van der Waals surface area contributed by atoms with Gasteiger partial charge in [-0.15, -0.1) is 0 Å². The van der Waals surface area contributed by atoms with Crippen LogP contribution in [0.2, 0.25) is 0 Å². The molecule has 2 fully saturated rings. The Labute approximate surface area is 137 Å². The third-order valence-electron chi connectivity index (χ3n) is 4.79. The molecule has 1 aromatic carbocycles. The average Bonchev–Trinajstić information content (AvgIpc) is 3.35. The van der Waals surface area contributed by atoms with Gasteiger partial charge in [-0.1, -0.05) is 30.3 Å². The Morgan fingerprint density at radius 2 is 1.96 bits per heavy atom. The Kier molecular flexibility index (Phi) is 5.30. The molecule has 2 N–H and O–H groups in total. The lowest BCUT2D eigenvalue weighted by Crippen LogP contribution is -2.45. The molecule has 5 nitrogen and oxygen atoms in total. The van der Waals surface area contributed by atoms with E-state index in [0.717, 1.165) is 45.6 Å². The molecule has 0 radical (unpaired) electrons. The van der Waals surface area contributed by atoms with Gasteiger partial charge in [-0.25, -0.2) is 0 Å². The predicted molar refractivity (Wildman–Crippen MR) is 88.1 cm³/mol. The van der Waals surface area contributed by atoms with E-state index in [1.54, 1.807) is 0 Å². The van der Waals surface area contributed by atoms with Crippen molar-refractivity contribution < 1.29 is 14.6 Å². The zero-order valence-electron chi connectivity index (χ0n) is 13.5. The Hall–Kier alpha value is -1.43. The molecule has 1 heterocycles. The van der Waals surface area contributed by atoms with Gasteiger partial charge in [0.25, 0.3) is 0 Å². The number of amides is 1. The molecule has 1 aliphatic carbocycles. The summed E-state index contributed by atoms with van der Waals surface area (Å²) < 4.78 is 5.30. The van der Waals surface area contributed by atoms with Gasteiger partial charge in [0.2, 0.25) is 5.91 Å². The van der Waals surface area contributed by atoms with Crippen molar-refractivity contribution in [3.8, 4) is 0 Å². The standard InChI is InChI=1S/C18H26N2O3/c21-16(14-20-8-10-23-11-9-20)13-19-17(22)18(6-7-18)12-15-4-2-1-3-5-15/h1-5,16,21H,6-14H2,(H,19,22). The van der Waals surface area contributed by atoms with Gasteiger partial charge in [-0.2, -0.15) is 0 Å². The van der Waals surface area contributed by atoms with Crippen LogP contribution in [0.15, 0.2) is 30.3 Å². The van der Waals surface area contributed by atoms with Crippen molar-refractivity contribution in [2.24, 2.45) is 5.41 Å². The van der Waals surface area contributed by atoms with Crippen LogP contribution in [0.25, 0.3) is 0 Å². The van der Waals surface area contributed by atoms with Gasteiger partial charge in [0.05, 0.1) is 24.7 Å². The molecule has 5 heteroatoms. The number of rotatable bonds is 7. The molecule has 1 atom stereocenters. The lowest BCUT2D eigenvalue weighted by Gasteiger charge is -2.28. The third kappa shape index (κ3) is 4.53. The molecule has 126 valence electrons. The van der Waals surface area contributed by atoms with Crippen molar-refractivity contribution in [2.45, 2.75) is 25.4 Å². The smallest absolute Gasteiger partial charge is 0.226 e. The molecule has 23 heavy (non-hydrogen) atoms. The Morgan fingerprint density at radius 1 is 1.26 bits per heavy atom. The van der Waals surface area contributed by atoms with Crippen molar-refractivity contribution in [3.63, 3.8) is 0 Å². The van der Waals surface area contributed by atoms with Crippen LogP contribution in [0.3, 0.4) is 0 Å². The highest BCUT2D eigenvalue weighted by Crippen LogP contribution is 2.48. The minimum atomic E-state index is -0.524. The molecule has 1 unspecified atom stereocenters. The molecule has 1 amide bonds. The molecule has 1 aliphatic heterocycles. The fraction of sp³-hybridized carbons (Fsp3) is 0.611. The lowest BCUT2D eigenvalue weighted by atomic mass is 9.95. The van der Waals surface area contributed by atoms with Gasteiger partial charge in [-0.3, -0.25) is 9.69 Å². The van der Waals surface area contributed by atoms with E-state index in [-0.39, 0.29) is 11.3 Å². The molecule has 0 aromatic heterocycles. The van der Waals surface area contributed by atoms with E-state index in [1.165, 1.54) is 5.56 Å². The first-order valence-corrected chi connectivity index (χ1v) is 8.48. The molecule has 0 spiro atoms. The van der Waals surface area contributed by atoms with E-state index in [4.69, 9.17) is 4.74 Å². The largest absolute Gasteiger partial charge is 0.390 e. The summed E-state index contributed by atoms with van der Waals surface area (Å²) in [4.78, 5) is 14.7. The van der Waals surface area contributed by atoms with Crippen LogP contribution in [-0.4, -0.2) is 61.4 Å². The number of nitrogens with one attached hydrogen (secondary N) is 1. The highest BCUT2D eigenvalue weighted by atomic mass is 16.5. The second-order valence-electron chi connectivity index (χ2n) is 6.72. The van der Waals surface area contributed by atoms with Gasteiger partial charge < -0.3 is 15.2 Å². The van der Waals surface area contributed by atoms with Crippen molar-refractivity contribution in [1.82, 2.24) is 10.2 Å². The fourth-order valence-corrected chi connectivity index (χ4v) is 3.17. The molecular weight excluding hydrogens is 292 g/mol. The number of benzene rings is 1. The first-order valence-electron chi connectivity index (χ1n) is 8.48. The van der Waals surface area contributed by atoms with E-state index in [2.05, 4.69) is 22.3 Å². The summed E-state index contributed by atoms with van der Waals surface area (Å²) in [7, 11) is 0. The Bertz CT molecular complexity index is 510. The summed E-state index contributed by atoms with van der Waals surface area (Å²) in [6.07, 6.45) is 2.14. The lowest BCUT2D eigenvalue weighted by molar-refractivity contribution is -0.126. The monoisotopic (exact) mass is 318 g/mol. The van der Waals surface area contributed by atoms with Crippen LogP contribution < -0.4 is 5.32 Å². The van der Waals surface area contributed by atoms with Crippen LogP contribution in [0.1, 0.15) is 18.4 Å². The molecule has 2 aliphatic rings. The number of nitrogens with zero attached hydrogens (tertiary/aromatic N) is 1. The number of aliphatic hydroxyl groups excluding tert-OH is 1. The molecule has 0 bridgehead atoms. The first kappa shape index (κ1) is 16.4. The summed E-state index contributed by atoms with van der Waals surface area (Å²) in [5, 5.41) is 13.1. The quantitative estimate of drug-likeness (QED) is 0.781. The number of morpholine rings is 1. The number of carbonyl (C=O) groups is 1. The van der Waals surface area contributed by atoms with Gasteiger partial charge in [0.1, 0.15) is 0 Å². The van der Waals surface area contributed by atoms with E-state index >= 15 is 0 Å². The summed E-state index contributed by atoms with van der Waals surface area (Å²) in [5.74, 6) is 0.0855. The van der Waals surface area contributed by atoms with Gasteiger partial charge in [-0.05, 0) is 24.8 Å². The predicted octanol–water partition coefficient (Wildman–Crippen LogP) is 0.819. The van der Waals surface area contributed by atoms with E-state index in [9.17, 15) is 9.90 Å². The van der Waals surface area contributed by atoms with E-state index in [1.807, 2.05) is 18.2 Å². The van der Waals surface area contributed by atoms with Crippen molar-refractivity contribution in [3.05, 3.63) is 35.9 Å². The topological polar surface area (TPSA) is 61.8 Å². The van der Waals surface area contributed by atoms with E-state index < -0.39 is 6.10 Å². The molecule has 1 aromatic rings. The van der Waals surface area contributed by atoms with Crippen molar-refractivity contribution in [2.75, 3.05) is 39.4 Å². The summed E-state index contributed by atoms with van der Waals surface area (Å²) >= 11 is 0. The maximum Gasteiger partial charge on any atom is 0.226 e. The highest BCUT2D eigenvalue weighted by Gasteiger charge is 2.49. The third-order valence-corrected chi connectivity index (χ3v) is 4.79. The number of hydrogen-bond donors (Lipinski definition) is 2. The second-order valence-corrected chi connectivity index (χ2v) is 6.72. The van der Waals surface area contributed by atoms with Crippen LogP contribution in [0, 0.1) is 5.41 Å². The van der Waals surface area contributed by atoms with Gasteiger partial charge >= 0.3 is 0 Å². The number of ether oxygens (including phenoxy) is 1. The number of aliphatic hydroxyl groups is 1. The Balaban J connectivity index is 1.43. The normalized spacial score (nSPS) is 21.6. The maximum absolute atomic E-state index is 12.5. The van der Waals surface area contributed by atoms with Crippen molar-refractivity contribution >= 4 is 5.91 Å². The summed E-state index contributed by atoms with van der Waals surface area (Å²) in [5.41, 5.74) is 0.953. The maximum atomic E-state index is 12.5. The second kappa shape index (κ2) is 7.43. The minimum absolute atomic E-state index is 0.0855. The average molecular weight is 318 g/mol. The summed E-state index contributed by atoms with van der Waals surface area (Å²) in [6.45, 7) is 4.06. The van der Waals surface area contributed by atoms with Gasteiger partial charge in [0.15, 0.2) is 0 Å². The number of hydrogen-bond acceptors (Lipinski definition) is 4. The van der Waals surface area contributed by atoms with Crippen LogP contribution in [0.5, 0.6) is 0 Å². The Morgan fingerprint density at radius 3 is 2.61 bits per heavy atom. The SMILES string of the molecule is O=C(NCC(O)CN1CCOCC1)C1(Cc2ccccc2)CC1. The van der Waals surface area contributed by atoms with Crippen LogP contribution in [0.4, 0.5) is 0 Å². The number of carbonyl (C=O) groups excluding carboxylic acids is 1. The highest BCUT2D eigenvalue weighted by molar-refractivity contribution is 5.85. The minimum Gasteiger partial charge on any atom is -0.390 e. The fourth-order valence-electron chi connectivity index (χ4n) is 3.17. The zero-order valence-corrected chi connectivity index (χ0v) is 13.5. The van der Waals surface area contributed by atoms with Crippen LogP contribution >= 0.6 is 0 Å². The van der Waals surface area contributed by atoms with E-state index in [0.29, 0.717) is 13.1 Å². The summed E-state index contributed by atoms with van der Waals surface area (Å²) in [6, 6.07) is 10.1. The first-order chi connectivity index (χ1) is 11.2. The molecule has 1 saturated carbocycles. The molecular formula is C18H26N2O3. The molecule has 3 rings (SSSR count).